The summed E-state index contributed by atoms with van der Waals surface area (Å²) in [5.41, 5.74) is 1.15. The van der Waals surface area contributed by atoms with Crippen molar-refractivity contribution in [2.75, 3.05) is 36.9 Å². The fraction of sp³-hybridized carbons (Fsp3) is 0.733. The molecule has 1 aliphatic rings. The van der Waals surface area contributed by atoms with Gasteiger partial charge < -0.3 is 10.2 Å². The lowest BCUT2D eigenvalue weighted by Gasteiger charge is -2.43. The van der Waals surface area contributed by atoms with Crippen LogP contribution in [0.3, 0.4) is 0 Å². The summed E-state index contributed by atoms with van der Waals surface area (Å²) in [5, 5.41) is 3.27. The summed E-state index contributed by atoms with van der Waals surface area (Å²) in [7, 11) is 2.20. The molecule has 1 saturated heterocycles. The zero-order valence-corrected chi connectivity index (χ0v) is 13.3. The van der Waals surface area contributed by atoms with Crippen LogP contribution in [0.1, 0.15) is 32.8 Å². The van der Waals surface area contributed by atoms with E-state index in [1.807, 2.05) is 6.20 Å². The van der Waals surface area contributed by atoms with E-state index in [9.17, 15) is 0 Å². The Labute approximate surface area is 122 Å². The molecule has 2 atom stereocenters. The minimum absolute atomic E-state index is 0.542. The van der Waals surface area contributed by atoms with Gasteiger partial charge in [0.25, 0.3) is 0 Å². The highest BCUT2D eigenvalue weighted by Gasteiger charge is 2.28. The highest BCUT2D eigenvalue weighted by Crippen LogP contribution is 2.23. The molecule has 2 heterocycles. The number of aromatic nitrogens is 2. The van der Waals surface area contributed by atoms with Crippen LogP contribution in [0.15, 0.2) is 6.20 Å². The monoisotopic (exact) mass is 277 g/mol. The van der Waals surface area contributed by atoms with E-state index in [-0.39, 0.29) is 0 Å². The minimum atomic E-state index is 0.542. The Bertz CT molecular complexity index is 436. The lowest BCUT2D eigenvalue weighted by molar-refractivity contribution is 0.169. The predicted octanol–water partition coefficient (Wildman–Crippen LogP) is 2.14. The molecule has 5 heteroatoms. The van der Waals surface area contributed by atoms with E-state index in [4.69, 9.17) is 4.98 Å². The molecular weight excluding hydrogens is 250 g/mol. The Morgan fingerprint density at radius 3 is 2.55 bits per heavy atom. The summed E-state index contributed by atoms with van der Waals surface area (Å²) in [4.78, 5) is 13.9. The molecule has 2 unspecified atom stereocenters. The first-order chi connectivity index (χ1) is 9.52. The normalized spacial score (nSPS) is 23.9. The number of rotatable bonds is 4. The molecule has 1 fully saturated rings. The number of likely N-dealkylation sites (N-methyl/N-ethyl adjacent to an activating group) is 1. The number of nitrogens with zero attached hydrogens (tertiary/aromatic N) is 4. The number of hydrogen-bond acceptors (Lipinski definition) is 5. The Morgan fingerprint density at radius 2 is 1.95 bits per heavy atom. The molecule has 0 saturated carbocycles. The number of aryl methyl sites for hydroxylation is 1. The SMILES string of the molecule is CCCNc1ncc(C)c(N2CC(C)N(C)C(C)C2)n1. The van der Waals surface area contributed by atoms with Gasteiger partial charge in [-0.3, -0.25) is 4.90 Å². The summed E-state index contributed by atoms with van der Waals surface area (Å²) >= 11 is 0. The van der Waals surface area contributed by atoms with Gasteiger partial charge in [0.1, 0.15) is 5.82 Å². The second kappa shape index (κ2) is 6.39. The highest BCUT2D eigenvalue weighted by molar-refractivity contribution is 5.49. The number of anilines is 2. The Kier molecular flexibility index (Phi) is 4.81. The van der Waals surface area contributed by atoms with E-state index in [2.05, 4.69) is 54.8 Å². The fourth-order valence-corrected chi connectivity index (χ4v) is 2.65. The van der Waals surface area contributed by atoms with Crippen LogP contribution in [0, 0.1) is 6.92 Å². The van der Waals surface area contributed by atoms with Crippen LogP contribution in [-0.2, 0) is 0 Å². The van der Waals surface area contributed by atoms with Gasteiger partial charge in [-0.15, -0.1) is 0 Å². The number of nitrogens with one attached hydrogen (secondary N) is 1. The average molecular weight is 277 g/mol. The van der Waals surface area contributed by atoms with Crippen molar-refractivity contribution in [2.45, 2.75) is 46.2 Å². The van der Waals surface area contributed by atoms with Crippen LogP contribution in [0.4, 0.5) is 11.8 Å². The second-order valence-electron chi connectivity index (χ2n) is 5.90. The van der Waals surface area contributed by atoms with E-state index >= 15 is 0 Å². The zero-order chi connectivity index (χ0) is 14.7. The molecule has 5 nitrogen and oxygen atoms in total. The van der Waals surface area contributed by atoms with Gasteiger partial charge in [-0.1, -0.05) is 6.92 Å². The van der Waals surface area contributed by atoms with Crippen molar-refractivity contribution >= 4 is 11.8 Å². The van der Waals surface area contributed by atoms with Crippen molar-refractivity contribution in [3.63, 3.8) is 0 Å². The van der Waals surface area contributed by atoms with Crippen LogP contribution in [0.5, 0.6) is 0 Å². The van der Waals surface area contributed by atoms with Crippen molar-refractivity contribution < 1.29 is 0 Å². The van der Waals surface area contributed by atoms with E-state index in [1.165, 1.54) is 0 Å². The summed E-state index contributed by atoms with van der Waals surface area (Å²) < 4.78 is 0. The smallest absolute Gasteiger partial charge is 0.224 e. The molecule has 2 rings (SSSR count). The summed E-state index contributed by atoms with van der Waals surface area (Å²) in [6, 6.07) is 1.08. The summed E-state index contributed by atoms with van der Waals surface area (Å²) in [6.07, 6.45) is 3.00. The van der Waals surface area contributed by atoms with Crippen LogP contribution in [-0.4, -0.2) is 53.6 Å². The van der Waals surface area contributed by atoms with Crippen molar-refractivity contribution in [3.05, 3.63) is 11.8 Å². The lowest BCUT2D eigenvalue weighted by Crippen LogP contribution is -2.55. The van der Waals surface area contributed by atoms with Gasteiger partial charge in [0.05, 0.1) is 0 Å². The molecule has 0 aromatic carbocycles. The standard InChI is InChI=1S/C15H27N5/c1-6-7-16-15-17-8-11(2)14(18-15)20-9-12(3)19(5)13(4)10-20/h8,12-13H,6-7,9-10H2,1-5H3,(H,16,17,18). The molecule has 1 N–H and O–H groups in total. The molecule has 1 aliphatic heterocycles. The van der Waals surface area contributed by atoms with Gasteiger partial charge >= 0.3 is 0 Å². The summed E-state index contributed by atoms with van der Waals surface area (Å²) in [5.74, 6) is 1.82. The maximum atomic E-state index is 4.71. The molecular formula is C15H27N5. The van der Waals surface area contributed by atoms with Crippen LogP contribution >= 0.6 is 0 Å². The predicted molar refractivity (Wildman–Crippen MR) is 84.4 cm³/mol. The van der Waals surface area contributed by atoms with Gasteiger partial charge in [0, 0.05) is 43.5 Å². The molecule has 1 aromatic heterocycles. The third-order valence-corrected chi connectivity index (χ3v) is 4.14. The molecule has 0 radical (unpaired) electrons. The zero-order valence-electron chi connectivity index (χ0n) is 13.3. The van der Waals surface area contributed by atoms with Gasteiger partial charge in [-0.05, 0) is 34.2 Å². The first kappa shape index (κ1) is 15.0. The third-order valence-electron chi connectivity index (χ3n) is 4.14. The van der Waals surface area contributed by atoms with E-state index in [0.29, 0.717) is 12.1 Å². The van der Waals surface area contributed by atoms with Gasteiger partial charge in [-0.25, -0.2) is 4.98 Å². The number of hydrogen-bond donors (Lipinski definition) is 1. The maximum absolute atomic E-state index is 4.71. The quantitative estimate of drug-likeness (QED) is 0.913. The minimum Gasteiger partial charge on any atom is -0.354 e. The third kappa shape index (κ3) is 3.20. The largest absolute Gasteiger partial charge is 0.354 e. The average Bonchev–Trinajstić information content (AvgIpc) is 2.43. The van der Waals surface area contributed by atoms with E-state index in [1.54, 1.807) is 0 Å². The molecule has 0 spiro atoms. The Morgan fingerprint density at radius 1 is 1.30 bits per heavy atom. The van der Waals surface area contributed by atoms with Crippen molar-refractivity contribution in [2.24, 2.45) is 0 Å². The molecule has 20 heavy (non-hydrogen) atoms. The van der Waals surface area contributed by atoms with E-state index < -0.39 is 0 Å². The lowest BCUT2D eigenvalue weighted by atomic mass is 10.1. The summed E-state index contributed by atoms with van der Waals surface area (Å²) in [6.45, 7) is 11.7. The molecule has 0 aliphatic carbocycles. The Hall–Kier alpha value is -1.36. The second-order valence-corrected chi connectivity index (χ2v) is 5.90. The van der Waals surface area contributed by atoms with Gasteiger partial charge in [0.2, 0.25) is 5.95 Å². The van der Waals surface area contributed by atoms with Crippen molar-refractivity contribution in [3.8, 4) is 0 Å². The Balaban J connectivity index is 2.18. The van der Waals surface area contributed by atoms with E-state index in [0.717, 1.165) is 43.4 Å². The molecule has 112 valence electrons. The van der Waals surface area contributed by atoms with Gasteiger partial charge in [-0.2, -0.15) is 4.98 Å². The fourth-order valence-electron chi connectivity index (χ4n) is 2.65. The van der Waals surface area contributed by atoms with Crippen LogP contribution in [0.2, 0.25) is 0 Å². The van der Waals surface area contributed by atoms with Gasteiger partial charge in [0.15, 0.2) is 0 Å². The first-order valence-electron chi connectivity index (χ1n) is 7.57. The molecule has 0 bridgehead atoms. The van der Waals surface area contributed by atoms with Crippen molar-refractivity contribution in [1.29, 1.82) is 0 Å². The van der Waals surface area contributed by atoms with Crippen LogP contribution < -0.4 is 10.2 Å². The highest BCUT2D eigenvalue weighted by atomic mass is 15.3. The van der Waals surface area contributed by atoms with Crippen molar-refractivity contribution in [1.82, 2.24) is 14.9 Å². The molecule has 0 amide bonds. The number of piperazine rings is 1. The topological polar surface area (TPSA) is 44.3 Å². The van der Waals surface area contributed by atoms with Crippen LogP contribution in [0.25, 0.3) is 0 Å². The first-order valence-corrected chi connectivity index (χ1v) is 7.57. The maximum Gasteiger partial charge on any atom is 0.224 e. The molecule has 1 aromatic rings.